The van der Waals surface area contributed by atoms with Crippen LogP contribution in [0, 0.1) is 6.92 Å². The van der Waals surface area contributed by atoms with Crippen LogP contribution in [0.4, 0.5) is 0 Å². The second-order valence-electron chi connectivity index (χ2n) is 4.51. The molecule has 0 saturated carbocycles. The third kappa shape index (κ3) is 3.34. The van der Waals surface area contributed by atoms with Gasteiger partial charge in [0.1, 0.15) is 5.75 Å². The van der Waals surface area contributed by atoms with Gasteiger partial charge in [-0.15, -0.1) is 11.3 Å². The van der Waals surface area contributed by atoms with Gasteiger partial charge in [-0.1, -0.05) is 23.8 Å². The zero-order chi connectivity index (χ0) is 13.0. The summed E-state index contributed by atoms with van der Waals surface area (Å²) in [4.78, 5) is 1.35. The Kier molecular flexibility index (Phi) is 4.39. The highest BCUT2D eigenvalue weighted by Gasteiger charge is 2.08. The first-order chi connectivity index (χ1) is 8.66. The van der Waals surface area contributed by atoms with Crippen molar-refractivity contribution in [2.24, 2.45) is 5.73 Å². The summed E-state index contributed by atoms with van der Waals surface area (Å²) in [5.41, 5.74) is 8.27. The zero-order valence-electron chi connectivity index (χ0n) is 10.8. The van der Waals surface area contributed by atoms with Crippen LogP contribution in [0.3, 0.4) is 0 Å². The van der Waals surface area contributed by atoms with Gasteiger partial charge >= 0.3 is 0 Å². The normalized spacial score (nSPS) is 12.4. The highest BCUT2D eigenvalue weighted by Crippen LogP contribution is 2.25. The molecule has 2 nitrogen and oxygen atoms in total. The molecule has 0 fully saturated rings. The Morgan fingerprint density at radius 2 is 2.17 bits per heavy atom. The average molecular weight is 261 g/mol. The van der Waals surface area contributed by atoms with Crippen molar-refractivity contribution in [3.63, 3.8) is 0 Å². The largest absolute Gasteiger partial charge is 0.493 e. The number of nitrogens with two attached hydrogens (primary N) is 1. The predicted molar refractivity (Wildman–Crippen MR) is 77.3 cm³/mol. The fourth-order valence-electron chi connectivity index (χ4n) is 1.87. The van der Waals surface area contributed by atoms with Gasteiger partial charge in [0.15, 0.2) is 0 Å². The first-order valence-electron chi connectivity index (χ1n) is 6.18. The van der Waals surface area contributed by atoms with E-state index in [2.05, 4.69) is 36.6 Å². The van der Waals surface area contributed by atoms with Gasteiger partial charge in [-0.25, -0.2) is 0 Å². The minimum absolute atomic E-state index is 0.00152. The third-order valence-electron chi connectivity index (χ3n) is 2.84. The Bertz CT molecular complexity index is 491. The maximum atomic E-state index is 5.97. The molecular formula is C15H19NOS. The van der Waals surface area contributed by atoms with Gasteiger partial charge < -0.3 is 10.5 Å². The Morgan fingerprint density at radius 1 is 1.33 bits per heavy atom. The summed E-state index contributed by atoms with van der Waals surface area (Å²) < 4.78 is 5.85. The molecule has 0 radical (unpaired) electrons. The van der Waals surface area contributed by atoms with Gasteiger partial charge in [-0.05, 0) is 31.4 Å². The average Bonchev–Trinajstić information content (AvgIpc) is 2.84. The standard InChI is InChI=1S/C15H19NOS/c1-11-5-6-15(14(10-11)12(2)16)17-8-7-13-4-3-9-18-13/h3-6,9-10,12H,7-8,16H2,1-2H3. The smallest absolute Gasteiger partial charge is 0.124 e. The van der Waals surface area contributed by atoms with E-state index in [-0.39, 0.29) is 6.04 Å². The lowest BCUT2D eigenvalue weighted by Crippen LogP contribution is -2.09. The van der Waals surface area contributed by atoms with E-state index in [0.717, 1.165) is 17.7 Å². The van der Waals surface area contributed by atoms with Crippen LogP contribution in [0.1, 0.15) is 29.0 Å². The maximum Gasteiger partial charge on any atom is 0.124 e. The predicted octanol–water partition coefficient (Wildman–Crippen LogP) is 3.70. The van der Waals surface area contributed by atoms with Crippen molar-refractivity contribution >= 4 is 11.3 Å². The van der Waals surface area contributed by atoms with E-state index in [1.165, 1.54) is 10.4 Å². The van der Waals surface area contributed by atoms with Crippen LogP contribution in [-0.4, -0.2) is 6.61 Å². The van der Waals surface area contributed by atoms with Gasteiger partial charge in [-0.3, -0.25) is 0 Å². The number of benzene rings is 1. The Morgan fingerprint density at radius 3 is 2.83 bits per heavy atom. The van der Waals surface area contributed by atoms with E-state index >= 15 is 0 Å². The SMILES string of the molecule is Cc1ccc(OCCc2cccs2)c(C(C)N)c1. The fraction of sp³-hybridized carbons (Fsp3) is 0.333. The van der Waals surface area contributed by atoms with Crippen LogP contribution in [0.15, 0.2) is 35.7 Å². The molecule has 1 aromatic carbocycles. The number of rotatable bonds is 5. The van der Waals surface area contributed by atoms with Crippen molar-refractivity contribution in [1.82, 2.24) is 0 Å². The maximum absolute atomic E-state index is 5.97. The van der Waals surface area contributed by atoms with Crippen molar-refractivity contribution < 1.29 is 4.74 Å². The Labute approximate surface area is 112 Å². The van der Waals surface area contributed by atoms with Crippen molar-refractivity contribution in [2.45, 2.75) is 26.3 Å². The topological polar surface area (TPSA) is 35.2 Å². The first kappa shape index (κ1) is 13.1. The quantitative estimate of drug-likeness (QED) is 0.890. The lowest BCUT2D eigenvalue weighted by atomic mass is 10.1. The van der Waals surface area contributed by atoms with E-state index in [1.54, 1.807) is 11.3 Å². The van der Waals surface area contributed by atoms with E-state index < -0.39 is 0 Å². The number of thiophene rings is 1. The minimum Gasteiger partial charge on any atom is -0.493 e. The summed E-state index contributed by atoms with van der Waals surface area (Å²) in [6, 6.07) is 10.4. The van der Waals surface area contributed by atoms with Crippen LogP contribution in [0.25, 0.3) is 0 Å². The molecule has 1 atom stereocenters. The molecule has 2 rings (SSSR count). The minimum atomic E-state index is 0.00152. The van der Waals surface area contributed by atoms with Crippen LogP contribution in [-0.2, 0) is 6.42 Å². The van der Waals surface area contributed by atoms with E-state index in [9.17, 15) is 0 Å². The molecule has 3 heteroatoms. The van der Waals surface area contributed by atoms with Gasteiger partial charge in [0.25, 0.3) is 0 Å². The molecule has 0 aliphatic rings. The summed E-state index contributed by atoms with van der Waals surface area (Å²) in [5, 5.41) is 2.09. The molecule has 1 unspecified atom stereocenters. The molecule has 0 aliphatic heterocycles. The molecule has 2 aromatic rings. The van der Waals surface area contributed by atoms with Crippen molar-refractivity contribution in [3.05, 3.63) is 51.7 Å². The summed E-state index contributed by atoms with van der Waals surface area (Å²) in [5.74, 6) is 0.909. The second kappa shape index (κ2) is 6.03. The molecule has 0 spiro atoms. The highest BCUT2D eigenvalue weighted by molar-refractivity contribution is 7.09. The number of hydrogen-bond acceptors (Lipinski definition) is 3. The molecule has 2 N–H and O–H groups in total. The third-order valence-corrected chi connectivity index (χ3v) is 3.78. The number of aryl methyl sites for hydroxylation is 1. The highest BCUT2D eigenvalue weighted by atomic mass is 32.1. The van der Waals surface area contributed by atoms with E-state index in [1.807, 2.05) is 13.0 Å². The van der Waals surface area contributed by atoms with Gasteiger partial charge in [0, 0.05) is 22.9 Å². The molecular weight excluding hydrogens is 242 g/mol. The summed E-state index contributed by atoms with van der Waals surface area (Å²) >= 11 is 1.77. The monoisotopic (exact) mass is 261 g/mol. The molecule has 96 valence electrons. The lowest BCUT2D eigenvalue weighted by Gasteiger charge is -2.14. The van der Waals surface area contributed by atoms with Gasteiger partial charge in [0.2, 0.25) is 0 Å². The van der Waals surface area contributed by atoms with Crippen LogP contribution in [0.2, 0.25) is 0 Å². The summed E-state index contributed by atoms with van der Waals surface area (Å²) in [7, 11) is 0. The van der Waals surface area contributed by atoms with E-state index in [4.69, 9.17) is 10.5 Å². The van der Waals surface area contributed by atoms with Crippen molar-refractivity contribution in [1.29, 1.82) is 0 Å². The number of hydrogen-bond donors (Lipinski definition) is 1. The summed E-state index contributed by atoms with van der Waals surface area (Å²) in [6.07, 6.45) is 0.948. The molecule has 0 aliphatic carbocycles. The zero-order valence-corrected chi connectivity index (χ0v) is 11.7. The van der Waals surface area contributed by atoms with Crippen molar-refractivity contribution in [2.75, 3.05) is 6.61 Å². The summed E-state index contributed by atoms with van der Waals surface area (Å²) in [6.45, 7) is 4.76. The van der Waals surface area contributed by atoms with Crippen LogP contribution in [0.5, 0.6) is 5.75 Å². The van der Waals surface area contributed by atoms with Crippen LogP contribution < -0.4 is 10.5 Å². The lowest BCUT2D eigenvalue weighted by molar-refractivity contribution is 0.318. The second-order valence-corrected chi connectivity index (χ2v) is 5.54. The van der Waals surface area contributed by atoms with Gasteiger partial charge in [0.05, 0.1) is 6.61 Å². The first-order valence-corrected chi connectivity index (χ1v) is 7.06. The molecule has 1 heterocycles. The van der Waals surface area contributed by atoms with Crippen LogP contribution >= 0.6 is 11.3 Å². The molecule has 1 aromatic heterocycles. The Hall–Kier alpha value is -1.32. The van der Waals surface area contributed by atoms with E-state index in [0.29, 0.717) is 6.61 Å². The number of ether oxygens (including phenoxy) is 1. The fourth-order valence-corrected chi connectivity index (χ4v) is 2.56. The van der Waals surface area contributed by atoms with Crippen molar-refractivity contribution in [3.8, 4) is 5.75 Å². The molecule has 0 amide bonds. The van der Waals surface area contributed by atoms with Gasteiger partial charge in [-0.2, -0.15) is 0 Å². The molecule has 0 bridgehead atoms. The molecule has 18 heavy (non-hydrogen) atoms. The Balaban J connectivity index is 2.00. The molecule has 0 saturated heterocycles.